The van der Waals surface area contributed by atoms with Crippen LogP contribution >= 0.6 is 11.6 Å². The minimum atomic E-state index is -0.652. The van der Waals surface area contributed by atoms with Crippen molar-refractivity contribution >= 4 is 40.4 Å². The fraction of sp³-hybridized carbons (Fsp3) is 0.143. The van der Waals surface area contributed by atoms with Crippen molar-refractivity contribution < 1.29 is 23.5 Å². The van der Waals surface area contributed by atoms with Gasteiger partial charge in [0.1, 0.15) is 17.1 Å². The molecule has 1 aliphatic rings. The second-order valence-corrected chi connectivity index (χ2v) is 8.95. The first kappa shape index (κ1) is 22.0. The molecule has 0 aliphatic carbocycles. The summed E-state index contributed by atoms with van der Waals surface area (Å²) in [7, 11) is 0. The smallest absolute Gasteiger partial charge is 0.379 e. The lowest BCUT2D eigenvalue weighted by molar-refractivity contribution is 0.0702. The number of Topliss-reactive ketones (excluding diaryl/α,β-unsaturated/α-hetero) is 1. The second-order valence-electron chi connectivity index (χ2n) is 8.51. The molecule has 2 heterocycles. The summed E-state index contributed by atoms with van der Waals surface area (Å²) in [5, 5.41) is 1.25. The lowest BCUT2D eigenvalue weighted by atomic mass is 10.0. The third-order valence-corrected chi connectivity index (χ3v) is 6.05. The third kappa shape index (κ3) is 3.99. The zero-order valence-corrected chi connectivity index (χ0v) is 19.6. The van der Waals surface area contributed by atoms with E-state index in [0.717, 1.165) is 5.56 Å². The van der Waals surface area contributed by atoms with Crippen molar-refractivity contribution in [2.45, 2.75) is 26.7 Å². The number of hydrogen-bond acceptors (Lipinski definition) is 5. The summed E-state index contributed by atoms with van der Waals surface area (Å²) in [5.41, 5.74) is 3.61. The van der Waals surface area contributed by atoms with Crippen LogP contribution in [-0.4, -0.2) is 11.8 Å². The van der Waals surface area contributed by atoms with E-state index in [1.165, 1.54) is 5.56 Å². The van der Waals surface area contributed by atoms with Gasteiger partial charge in [-0.05, 0) is 66.4 Å². The highest BCUT2D eigenvalue weighted by Gasteiger charge is 2.31. The van der Waals surface area contributed by atoms with Gasteiger partial charge < -0.3 is 13.9 Å². The zero-order chi connectivity index (χ0) is 24.0. The van der Waals surface area contributed by atoms with Gasteiger partial charge in [-0.15, -0.1) is 0 Å². The quantitative estimate of drug-likeness (QED) is 0.176. The molecule has 1 aliphatic heterocycles. The molecular weight excluding hydrogens is 452 g/mol. The molecule has 0 bridgehead atoms. The highest BCUT2D eigenvalue weighted by atomic mass is 35.5. The Kier molecular flexibility index (Phi) is 5.50. The number of carbonyl (C=O) groups is 2. The summed E-state index contributed by atoms with van der Waals surface area (Å²) in [4.78, 5) is 25.6. The van der Waals surface area contributed by atoms with Crippen molar-refractivity contribution in [3.63, 3.8) is 0 Å². The van der Waals surface area contributed by atoms with Crippen LogP contribution in [0.15, 0.2) is 70.8 Å². The van der Waals surface area contributed by atoms with E-state index in [1.54, 1.807) is 49.4 Å². The van der Waals surface area contributed by atoms with Crippen molar-refractivity contribution in [1.29, 1.82) is 0 Å². The van der Waals surface area contributed by atoms with Gasteiger partial charge in [-0.2, -0.15) is 0 Å². The molecule has 0 spiro atoms. The third-order valence-electron chi connectivity index (χ3n) is 5.82. The van der Waals surface area contributed by atoms with Crippen molar-refractivity contribution in [1.82, 2.24) is 0 Å². The SMILES string of the molecule is Cc1c(OC(=O)c2cc3cc(Cl)ccc3o2)ccc2c1O/C(=C\c1ccc(C(C)C)cc1)C2=O. The molecule has 1 aromatic heterocycles. The average Bonchev–Trinajstić information content (AvgIpc) is 3.37. The van der Waals surface area contributed by atoms with E-state index in [4.69, 9.17) is 25.5 Å². The number of hydrogen-bond donors (Lipinski definition) is 0. The molecule has 5 nitrogen and oxygen atoms in total. The molecule has 170 valence electrons. The van der Waals surface area contributed by atoms with E-state index in [9.17, 15) is 9.59 Å². The van der Waals surface area contributed by atoms with Crippen LogP contribution in [0.3, 0.4) is 0 Å². The van der Waals surface area contributed by atoms with Crippen LogP contribution in [0.25, 0.3) is 17.0 Å². The first-order valence-electron chi connectivity index (χ1n) is 10.9. The highest BCUT2D eigenvalue weighted by molar-refractivity contribution is 6.31. The Bertz CT molecular complexity index is 1470. The molecule has 0 radical (unpaired) electrons. The summed E-state index contributed by atoms with van der Waals surface area (Å²) >= 11 is 6.00. The zero-order valence-electron chi connectivity index (χ0n) is 18.8. The Morgan fingerprint density at radius 1 is 1.03 bits per heavy atom. The number of carbonyl (C=O) groups excluding carboxylic acids is 2. The van der Waals surface area contributed by atoms with E-state index < -0.39 is 5.97 Å². The highest BCUT2D eigenvalue weighted by Crippen LogP contribution is 2.39. The number of rotatable bonds is 4. The lowest BCUT2D eigenvalue weighted by Crippen LogP contribution is -2.08. The molecule has 0 fully saturated rings. The van der Waals surface area contributed by atoms with Crippen LogP contribution in [-0.2, 0) is 0 Å². The molecule has 5 rings (SSSR count). The molecule has 4 aromatic rings. The summed E-state index contributed by atoms with van der Waals surface area (Å²) in [6.07, 6.45) is 1.72. The van der Waals surface area contributed by atoms with Crippen molar-refractivity contribution in [2.75, 3.05) is 0 Å². The van der Waals surface area contributed by atoms with Gasteiger partial charge in [0.2, 0.25) is 11.5 Å². The largest absolute Gasteiger partial charge is 0.452 e. The minimum absolute atomic E-state index is 0.0552. The predicted octanol–water partition coefficient (Wildman–Crippen LogP) is 7.35. The average molecular weight is 473 g/mol. The molecule has 0 N–H and O–H groups in total. The van der Waals surface area contributed by atoms with Gasteiger partial charge in [-0.1, -0.05) is 49.7 Å². The Morgan fingerprint density at radius 3 is 2.53 bits per heavy atom. The topological polar surface area (TPSA) is 65.7 Å². The molecule has 0 atom stereocenters. The van der Waals surface area contributed by atoms with Crippen molar-refractivity contribution in [2.24, 2.45) is 0 Å². The van der Waals surface area contributed by atoms with Crippen molar-refractivity contribution in [3.05, 3.63) is 99.5 Å². The maximum Gasteiger partial charge on any atom is 0.379 e. The molecule has 0 amide bonds. The predicted molar refractivity (Wildman–Crippen MR) is 131 cm³/mol. The fourth-order valence-electron chi connectivity index (χ4n) is 3.87. The molecule has 34 heavy (non-hydrogen) atoms. The van der Waals surface area contributed by atoms with Gasteiger partial charge in [0, 0.05) is 16.0 Å². The van der Waals surface area contributed by atoms with E-state index in [-0.39, 0.29) is 23.1 Å². The summed E-state index contributed by atoms with van der Waals surface area (Å²) < 4.78 is 17.1. The van der Waals surface area contributed by atoms with Crippen molar-refractivity contribution in [3.8, 4) is 11.5 Å². The molecule has 3 aromatic carbocycles. The Morgan fingerprint density at radius 2 is 1.79 bits per heavy atom. The van der Waals surface area contributed by atoms with Gasteiger partial charge in [0.05, 0.1) is 5.56 Å². The van der Waals surface area contributed by atoms with E-state index in [2.05, 4.69) is 13.8 Å². The molecule has 6 heteroatoms. The van der Waals surface area contributed by atoms with Crippen LogP contribution < -0.4 is 9.47 Å². The summed E-state index contributed by atoms with van der Waals surface area (Å²) in [6.45, 7) is 6.00. The first-order valence-corrected chi connectivity index (χ1v) is 11.3. The molecule has 0 saturated heterocycles. The van der Waals surface area contributed by atoms with Crippen LogP contribution in [0.4, 0.5) is 0 Å². The number of ketones is 1. The molecule has 0 unspecified atom stereocenters. The Labute approximate surface area is 201 Å². The van der Waals surface area contributed by atoms with Crippen LogP contribution in [0.5, 0.6) is 11.5 Å². The Balaban J connectivity index is 1.39. The van der Waals surface area contributed by atoms with Gasteiger partial charge in [-0.25, -0.2) is 4.79 Å². The number of esters is 1. The first-order chi connectivity index (χ1) is 16.3. The lowest BCUT2D eigenvalue weighted by Gasteiger charge is -2.09. The second kappa shape index (κ2) is 8.50. The number of furan rings is 1. The molecular formula is C28H21ClO5. The number of ether oxygens (including phenoxy) is 2. The minimum Gasteiger partial charge on any atom is -0.452 e. The van der Waals surface area contributed by atoms with E-state index >= 15 is 0 Å². The number of benzene rings is 3. The van der Waals surface area contributed by atoms with Gasteiger partial charge in [0.25, 0.3) is 0 Å². The number of halogens is 1. The fourth-order valence-corrected chi connectivity index (χ4v) is 4.05. The van der Waals surface area contributed by atoms with Gasteiger partial charge in [-0.3, -0.25) is 4.79 Å². The number of fused-ring (bicyclic) bond motifs is 2. The van der Waals surface area contributed by atoms with Crippen LogP contribution in [0.2, 0.25) is 5.02 Å². The standard InChI is InChI=1S/C28H21ClO5/c1-15(2)18-6-4-17(5-7-18)12-24-26(30)21-9-11-22(16(3)27(21)33-24)34-28(31)25-14-19-13-20(29)8-10-23(19)32-25/h4-15H,1-3H3/b24-12-. The van der Waals surface area contributed by atoms with Gasteiger partial charge >= 0.3 is 5.97 Å². The normalized spacial score (nSPS) is 14.0. The van der Waals surface area contributed by atoms with Crippen LogP contribution in [0, 0.1) is 6.92 Å². The van der Waals surface area contributed by atoms with Gasteiger partial charge in [0.15, 0.2) is 5.76 Å². The van der Waals surface area contributed by atoms with E-state index in [0.29, 0.717) is 38.8 Å². The summed E-state index contributed by atoms with van der Waals surface area (Å²) in [5.74, 6) is 0.525. The number of allylic oxidation sites excluding steroid dienone is 1. The van der Waals surface area contributed by atoms with E-state index in [1.807, 2.05) is 24.3 Å². The molecule has 0 saturated carbocycles. The maximum absolute atomic E-state index is 12.9. The monoisotopic (exact) mass is 472 g/mol. The Hall–Kier alpha value is -3.83. The summed E-state index contributed by atoms with van der Waals surface area (Å²) in [6, 6.07) is 17.9. The maximum atomic E-state index is 12.9. The van der Waals surface area contributed by atoms with Crippen LogP contribution in [0.1, 0.15) is 57.4 Å².